The number of halogens is 5. The number of alkyl halides is 1. The molecule has 1 aromatic carbocycles. The van der Waals surface area contributed by atoms with E-state index in [1.807, 2.05) is 0 Å². The molecule has 0 aliphatic heterocycles. The molecule has 0 aliphatic rings. The van der Waals surface area contributed by atoms with Crippen LogP contribution in [0.2, 0.25) is 10.0 Å². The van der Waals surface area contributed by atoms with Crippen molar-refractivity contribution < 1.29 is 23.1 Å². The van der Waals surface area contributed by atoms with E-state index in [1.54, 1.807) is 0 Å². The molecule has 122 valence electrons. The molecular formula is C14H9Cl2F3N2O2. The molecular weight excluding hydrogens is 356 g/mol. The molecule has 1 heterocycles. The number of carboxylic acids is 1. The first-order valence-electron chi connectivity index (χ1n) is 6.16. The number of carboxylic acid groups (broad SMARTS) is 1. The molecule has 3 N–H and O–H groups in total. The van der Waals surface area contributed by atoms with Crippen LogP contribution in [-0.4, -0.2) is 16.1 Å². The van der Waals surface area contributed by atoms with Crippen LogP contribution in [0.1, 0.15) is 29.1 Å². The lowest BCUT2D eigenvalue weighted by Gasteiger charge is -2.13. The van der Waals surface area contributed by atoms with Crippen LogP contribution in [0.3, 0.4) is 0 Å². The van der Waals surface area contributed by atoms with Crippen LogP contribution in [0.5, 0.6) is 0 Å². The van der Waals surface area contributed by atoms with Gasteiger partial charge >= 0.3 is 5.97 Å². The molecule has 0 fully saturated rings. The second-order valence-electron chi connectivity index (χ2n) is 4.59. The van der Waals surface area contributed by atoms with Gasteiger partial charge in [0, 0.05) is 16.1 Å². The monoisotopic (exact) mass is 364 g/mol. The van der Waals surface area contributed by atoms with Gasteiger partial charge in [-0.1, -0.05) is 23.2 Å². The van der Waals surface area contributed by atoms with Crippen LogP contribution in [0, 0.1) is 11.6 Å². The van der Waals surface area contributed by atoms with Gasteiger partial charge in [0.25, 0.3) is 0 Å². The number of nitrogens with two attached hydrogens (primary N) is 1. The molecule has 1 aromatic heterocycles. The molecule has 2 aromatic rings. The molecule has 0 spiro atoms. The number of pyridine rings is 1. The summed E-state index contributed by atoms with van der Waals surface area (Å²) in [5.41, 5.74) is 2.30. The number of aromatic nitrogens is 1. The Hall–Kier alpha value is -1.99. The first-order valence-corrected chi connectivity index (χ1v) is 6.92. The van der Waals surface area contributed by atoms with Gasteiger partial charge in [-0.2, -0.15) is 0 Å². The zero-order chi connectivity index (χ0) is 17.5. The molecule has 23 heavy (non-hydrogen) atoms. The Morgan fingerprint density at radius 2 is 1.91 bits per heavy atom. The Bertz CT molecular complexity index is 813. The highest BCUT2D eigenvalue weighted by atomic mass is 35.5. The Balaban J connectivity index is 2.83. The van der Waals surface area contributed by atoms with E-state index in [-0.39, 0.29) is 5.02 Å². The standard InChI is InChI=1S/C14H9Cl2F3N2O2/c1-4(17)7-6(15)3-2-5(9(7)18)12-10(19)11(20)8(16)13(21-12)14(22)23/h2-4H,1H3,(H2,20,21)(H,22,23). The molecule has 1 atom stereocenters. The molecule has 9 heteroatoms. The van der Waals surface area contributed by atoms with Crippen molar-refractivity contribution in [3.8, 4) is 11.3 Å². The van der Waals surface area contributed by atoms with E-state index in [0.717, 1.165) is 19.1 Å². The fraction of sp³-hybridized carbons (Fsp3) is 0.143. The van der Waals surface area contributed by atoms with E-state index in [1.165, 1.54) is 0 Å². The second kappa shape index (κ2) is 6.25. The molecule has 4 nitrogen and oxygen atoms in total. The normalized spacial score (nSPS) is 12.3. The maximum absolute atomic E-state index is 14.5. The lowest BCUT2D eigenvalue weighted by Crippen LogP contribution is -2.09. The van der Waals surface area contributed by atoms with Crippen LogP contribution in [0.4, 0.5) is 18.9 Å². The van der Waals surface area contributed by atoms with Crippen LogP contribution >= 0.6 is 23.2 Å². The smallest absolute Gasteiger partial charge is 0.356 e. The van der Waals surface area contributed by atoms with Gasteiger partial charge in [0.2, 0.25) is 0 Å². The number of nitrogen functional groups attached to an aromatic ring is 1. The fourth-order valence-corrected chi connectivity index (χ4v) is 2.50. The molecule has 0 amide bonds. The van der Waals surface area contributed by atoms with Gasteiger partial charge in [-0.05, 0) is 19.1 Å². The van der Waals surface area contributed by atoms with E-state index < -0.39 is 57.0 Å². The highest BCUT2D eigenvalue weighted by molar-refractivity contribution is 6.35. The predicted octanol–water partition coefficient (Wildman–Crippen LogP) is 4.64. The average molecular weight is 365 g/mol. The van der Waals surface area contributed by atoms with Crippen molar-refractivity contribution >= 4 is 34.9 Å². The lowest BCUT2D eigenvalue weighted by atomic mass is 10.0. The number of hydrogen-bond donors (Lipinski definition) is 2. The number of benzene rings is 1. The zero-order valence-electron chi connectivity index (χ0n) is 11.5. The van der Waals surface area contributed by atoms with E-state index in [4.69, 9.17) is 34.0 Å². The number of aromatic carboxylic acids is 1. The van der Waals surface area contributed by atoms with Crippen molar-refractivity contribution in [2.75, 3.05) is 5.73 Å². The summed E-state index contributed by atoms with van der Waals surface area (Å²) in [6.07, 6.45) is -1.77. The van der Waals surface area contributed by atoms with Gasteiger partial charge < -0.3 is 10.8 Å². The maximum atomic E-state index is 14.5. The summed E-state index contributed by atoms with van der Waals surface area (Å²) in [6, 6.07) is 2.20. The van der Waals surface area contributed by atoms with Crippen molar-refractivity contribution in [2.24, 2.45) is 0 Å². The summed E-state index contributed by atoms with van der Waals surface area (Å²) < 4.78 is 42.2. The van der Waals surface area contributed by atoms with Gasteiger partial charge in [-0.3, -0.25) is 0 Å². The van der Waals surface area contributed by atoms with E-state index in [0.29, 0.717) is 0 Å². The Morgan fingerprint density at radius 1 is 1.30 bits per heavy atom. The third kappa shape index (κ3) is 2.94. The van der Waals surface area contributed by atoms with Gasteiger partial charge in [0.15, 0.2) is 11.5 Å². The molecule has 0 radical (unpaired) electrons. The number of carbonyl (C=O) groups is 1. The number of hydrogen-bond acceptors (Lipinski definition) is 3. The number of rotatable bonds is 3. The molecule has 0 bridgehead atoms. The third-order valence-corrected chi connectivity index (χ3v) is 3.81. The number of nitrogens with zero attached hydrogens (tertiary/aromatic N) is 1. The van der Waals surface area contributed by atoms with Gasteiger partial charge in [0.1, 0.15) is 17.7 Å². The highest BCUT2D eigenvalue weighted by Crippen LogP contribution is 2.37. The summed E-state index contributed by atoms with van der Waals surface area (Å²) in [5, 5.41) is 8.21. The third-order valence-electron chi connectivity index (χ3n) is 3.09. The molecule has 0 aliphatic carbocycles. The van der Waals surface area contributed by atoms with E-state index >= 15 is 0 Å². The minimum atomic E-state index is -1.77. The molecule has 1 unspecified atom stereocenters. The van der Waals surface area contributed by atoms with Crippen LogP contribution in [0.25, 0.3) is 11.3 Å². The maximum Gasteiger partial charge on any atom is 0.356 e. The molecule has 0 saturated heterocycles. The first kappa shape index (κ1) is 17.4. The fourth-order valence-electron chi connectivity index (χ4n) is 2.00. The highest BCUT2D eigenvalue weighted by Gasteiger charge is 2.26. The van der Waals surface area contributed by atoms with Gasteiger partial charge in [-0.25, -0.2) is 22.9 Å². The summed E-state index contributed by atoms with van der Waals surface area (Å²) in [5.74, 6) is -3.94. The van der Waals surface area contributed by atoms with E-state index in [9.17, 15) is 18.0 Å². The van der Waals surface area contributed by atoms with Crippen molar-refractivity contribution in [3.05, 3.63) is 45.1 Å². The minimum Gasteiger partial charge on any atom is -0.476 e. The van der Waals surface area contributed by atoms with Gasteiger partial charge in [-0.15, -0.1) is 0 Å². The van der Waals surface area contributed by atoms with Crippen molar-refractivity contribution in [1.29, 1.82) is 0 Å². The molecule has 2 rings (SSSR count). The van der Waals surface area contributed by atoms with Crippen LogP contribution in [-0.2, 0) is 0 Å². The summed E-state index contributed by atoms with van der Waals surface area (Å²) in [4.78, 5) is 14.6. The van der Waals surface area contributed by atoms with Crippen LogP contribution in [0.15, 0.2) is 12.1 Å². The zero-order valence-corrected chi connectivity index (χ0v) is 13.0. The molecule has 0 saturated carbocycles. The lowest BCUT2D eigenvalue weighted by molar-refractivity contribution is 0.0691. The summed E-state index contributed by atoms with van der Waals surface area (Å²) in [6.45, 7) is 1.05. The SMILES string of the molecule is CC(F)c1c(Cl)ccc(-c2nc(C(=O)O)c(Cl)c(N)c2F)c1F. The summed E-state index contributed by atoms with van der Waals surface area (Å²) >= 11 is 11.3. The Kier molecular flexibility index (Phi) is 4.72. The topological polar surface area (TPSA) is 76.2 Å². The predicted molar refractivity (Wildman–Crippen MR) is 80.5 cm³/mol. The average Bonchev–Trinajstić information content (AvgIpc) is 2.45. The second-order valence-corrected chi connectivity index (χ2v) is 5.38. The minimum absolute atomic E-state index is 0.193. The Labute approximate surface area is 138 Å². The van der Waals surface area contributed by atoms with Crippen molar-refractivity contribution in [1.82, 2.24) is 4.98 Å². The number of anilines is 1. The van der Waals surface area contributed by atoms with E-state index in [2.05, 4.69) is 4.98 Å². The largest absolute Gasteiger partial charge is 0.476 e. The van der Waals surface area contributed by atoms with Gasteiger partial charge in [0.05, 0.1) is 10.7 Å². The summed E-state index contributed by atoms with van der Waals surface area (Å²) in [7, 11) is 0. The first-order chi connectivity index (χ1) is 10.7. The Morgan fingerprint density at radius 3 is 2.43 bits per heavy atom. The van der Waals surface area contributed by atoms with Crippen molar-refractivity contribution in [2.45, 2.75) is 13.1 Å². The van der Waals surface area contributed by atoms with Crippen LogP contribution < -0.4 is 5.73 Å². The van der Waals surface area contributed by atoms with Crippen molar-refractivity contribution in [3.63, 3.8) is 0 Å². The quantitative estimate of drug-likeness (QED) is 0.831.